The van der Waals surface area contributed by atoms with Crippen LogP contribution >= 0.6 is 31.9 Å². The molecule has 0 atom stereocenters. The Kier molecular flexibility index (Phi) is 7.61. The van der Waals surface area contributed by atoms with Crippen molar-refractivity contribution in [1.29, 1.82) is 5.26 Å². The number of hydrogen-bond acceptors (Lipinski definition) is 3. The minimum Gasteiger partial charge on any atom is -0.496 e. The highest BCUT2D eigenvalue weighted by atomic mass is 79.9. The third-order valence-electron chi connectivity index (χ3n) is 4.50. The number of rotatable bonds is 6. The lowest BCUT2D eigenvalue weighted by Crippen LogP contribution is -2.13. The molecule has 0 aliphatic carbocycles. The summed E-state index contributed by atoms with van der Waals surface area (Å²) in [5.74, 6) is -0.359. The quantitative estimate of drug-likeness (QED) is 0.285. The van der Waals surface area contributed by atoms with Crippen LogP contribution in [-0.4, -0.2) is 13.0 Å². The average molecular weight is 544 g/mol. The van der Waals surface area contributed by atoms with Crippen LogP contribution in [0.4, 0.5) is 10.1 Å². The van der Waals surface area contributed by atoms with Crippen molar-refractivity contribution in [2.75, 3.05) is 12.4 Å². The summed E-state index contributed by atoms with van der Waals surface area (Å²) in [6.07, 6.45) is 2.11. The largest absolute Gasteiger partial charge is 0.496 e. The lowest BCUT2D eigenvalue weighted by Gasteiger charge is -2.13. The second-order valence-corrected chi connectivity index (χ2v) is 8.29. The second kappa shape index (κ2) is 10.4. The van der Waals surface area contributed by atoms with E-state index in [0.29, 0.717) is 23.4 Å². The molecule has 0 unspecified atom stereocenters. The molecule has 0 saturated carbocycles. The van der Waals surface area contributed by atoms with Gasteiger partial charge in [0.05, 0.1) is 7.11 Å². The molecule has 0 aliphatic rings. The zero-order valence-electron chi connectivity index (χ0n) is 16.5. The third-order valence-corrected chi connectivity index (χ3v) is 5.98. The van der Waals surface area contributed by atoms with Gasteiger partial charge in [-0.2, -0.15) is 5.26 Å². The van der Waals surface area contributed by atoms with Crippen LogP contribution in [0.15, 0.2) is 75.2 Å². The molecule has 1 amide bonds. The Morgan fingerprint density at radius 1 is 1.13 bits per heavy atom. The van der Waals surface area contributed by atoms with Gasteiger partial charge < -0.3 is 10.1 Å². The number of halogens is 3. The van der Waals surface area contributed by atoms with Crippen LogP contribution in [0.2, 0.25) is 0 Å². The van der Waals surface area contributed by atoms with Crippen LogP contribution in [0, 0.1) is 17.1 Å². The highest BCUT2D eigenvalue weighted by Crippen LogP contribution is 2.33. The van der Waals surface area contributed by atoms with Crippen molar-refractivity contribution >= 4 is 49.5 Å². The van der Waals surface area contributed by atoms with Gasteiger partial charge in [-0.05, 0) is 59.7 Å². The summed E-state index contributed by atoms with van der Waals surface area (Å²) in [5.41, 5.74) is 2.99. The molecule has 3 rings (SSSR count). The smallest absolute Gasteiger partial charge is 0.266 e. The molecule has 0 fully saturated rings. The highest BCUT2D eigenvalue weighted by molar-refractivity contribution is 9.10. The van der Waals surface area contributed by atoms with Crippen LogP contribution in [-0.2, 0) is 11.2 Å². The van der Waals surface area contributed by atoms with E-state index in [4.69, 9.17) is 4.74 Å². The summed E-state index contributed by atoms with van der Waals surface area (Å²) in [4.78, 5) is 12.5. The van der Waals surface area contributed by atoms with E-state index >= 15 is 0 Å². The molecule has 0 saturated heterocycles. The number of amides is 1. The van der Waals surface area contributed by atoms with E-state index in [0.717, 1.165) is 20.1 Å². The number of anilines is 1. The van der Waals surface area contributed by atoms with E-state index in [1.54, 1.807) is 13.2 Å². The summed E-state index contributed by atoms with van der Waals surface area (Å²) >= 11 is 7.15. The number of carbonyl (C=O) groups excluding carboxylic acids is 1. The Morgan fingerprint density at radius 3 is 2.48 bits per heavy atom. The van der Waals surface area contributed by atoms with E-state index in [2.05, 4.69) is 37.2 Å². The first kappa shape index (κ1) is 22.7. The van der Waals surface area contributed by atoms with Crippen molar-refractivity contribution < 1.29 is 13.9 Å². The number of carbonyl (C=O) groups is 1. The van der Waals surface area contributed by atoms with Crippen molar-refractivity contribution in [3.8, 4) is 11.8 Å². The highest BCUT2D eigenvalue weighted by Gasteiger charge is 2.14. The standard InChI is InChI=1S/C24H17Br2FN2O2/c1-31-23-12-15(11-22(26)20(23)13-16-4-2-3-5-21(16)25)10-17(14-28)24(30)29-19-8-6-18(27)7-9-19/h2-12H,13H2,1H3,(H,29,30)/b17-10+. The molecular weight excluding hydrogens is 527 g/mol. The van der Waals surface area contributed by atoms with Gasteiger partial charge in [-0.15, -0.1) is 0 Å². The van der Waals surface area contributed by atoms with Crippen molar-refractivity contribution in [3.63, 3.8) is 0 Å². The average Bonchev–Trinajstić information content (AvgIpc) is 2.76. The molecule has 7 heteroatoms. The molecule has 0 bridgehead atoms. The fraction of sp³-hybridized carbons (Fsp3) is 0.0833. The summed E-state index contributed by atoms with van der Waals surface area (Å²) < 4.78 is 20.4. The number of ether oxygens (including phenoxy) is 1. The predicted octanol–water partition coefficient (Wildman–Crippen LogP) is 6.50. The second-order valence-electron chi connectivity index (χ2n) is 6.58. The van der Waals surface area contributed by atoms with Gasteiger partial charge in [0.1, 0.15) is 23.2 Å². The molecule has 3 aromatic rings. The molecule has 0 aromatic heterocycles. The van der Waals surface area contributed by atoms with Crippen molar-refractivity contribution in [1.82, 2.24) is 0 Å². The minimum atomic E-state index is -0.582. The van der Waals surface area contributed by atoms with E-state index in [1.807, 2.05) is 36.4 Å². The Bertz CT molecular complexity index is 1190. The van der Waals surface area contributed by atoms with Crippen molar-refractivity contribution in [3.05, 3.63) is 97.7 Å². The molecule has 3 aromatic carbocycles. The van der Waals surface area contributed by atoms with Crippen molar-refractivity contribution in [2.45, 2.75) is 6.42 Å². The first-order chi connectivity index (χ1) is 14.9. The fourth-order valence-electron chi connectivity index (χ4n) is 2.95. The number of methoxy groups -OCH3 is 1. The zero-order valence-corrected chi connectivity index (χ0v) is 19.6. The van der Waals surface area contributed by atoms with Crippen LogP contribution < -0.4 is 10.1 Å². The van der Waals surface area contributed by atoms with Gasteiger partial charge in [0, 0.05) is 26.6 Å². The number of hydrogen-bond donors (Lipinski definition) is 1. The monoisotopic (exact) mass is 542 g/mol. The SMILES string of the molecule is COc1cc(/C=C(\C#N)C(=O)Nc2ccc(F)cc2)cc(Br)c1Cc1ccccc1Br. The Balaban J connectivity index is 1.89. The maximum Gasteiger partial charge on any atom is 0.266 e. The van der Waals surface area contributed by atoms with Crippen molar-refractivity contribution in [2.24, 2.45) is 0 Å². The van der Waals surface area contributed by atoms with Gasteiger partial charge in [0.15, 0.2) is 0 Å². The number of nitrogens with zero attached hydrogens (tertiary/aromatic N) is 1. The van der Waals surface area contributed by atoms with Crippen LogP contribution in [0.1, 0.15) is 16.7 Å². The topological polar surface area (TPSA) is 62.1 Å². The summed E-state index contributed by atoms with van der Waals surface area (Å²) in [5, 5.41) is 12.1. The molecule has 0 heterocycles. The van der Waals surface area contributed by atoms with Gasteiger partial charge >= 0.3 is 0 Å². The fourth-order valence-corrected chi connectivity index (χ4v) is 3.97. The van der Waals surface area contributed by atoms with Gasteiger partial charge in [-0.1, -0.05) is 50.1 Å². The van der Waals surface area contributed by atoms with E-state index in [1.165, 1.54) is 30.3 Å². The summed E-state index contributed by atoms with van der Waals surface area (Å²) in [6.45, 7) is 0. The maximum absolute atomic E-state index is 13.0. The summed E-state index contributed by atoms with van der Waals surface area (Å²) in [6, 6.07) is 18.8. The first-order valence-corrected chi connectivity index (χ1v) is 10.8. The Morgan fingerprint density at radius 2 is 1.84 bits per heavy atom. The number of benzene rings is 3. The number of nitrogens with one attached hydrogen (secondary N) is 1. The molecule has 156 valence electrons. The van der Waals surface area contributed by atoms with Gasteiger partial charge in [-0.25, -0.2) is 4.39 Å². The zero-order chi connectivity index (χ0) is 22.4. The van der Waals surface area contributed by atoms with Gasteiger partial charge in [0.2, 0.25) is 0 Å². The van der Waals surface area contributed by atoms with Gasteiger partial charge in [0.25, 0.3) is 5.91 Å². The van der Waals surface area contributed by atoms with E-state index in [-0.39, 0.29) is 5.57 Å². The van der Waals surface area contributed by atoms with E-state index < -0.39 is 11.7 Å². The molecular formula is C24H17Br2FN2O2. The maximum atomic E-state index is 13.0. The molecule has 31 heavy (non-hydrogen) atoms. The Hall–Kier alpha value is -2.95. The van der Waals surface area contributed by atoms with Crippen LogP contribution in [0.25, 0.3) is 6.08 Å². The third kappa shape index (κ3) is 5.81. The molecule has 4 nitrogen and oxygen atoms in total. The summed E-state index contributed by atoms with van der Waals surface area (Å²) in [7, 11) is 1.57. The lowest BCUT2D eigenvalue weighted by molar-refractivity contribution is -0.112. The first-order valence-electron chi connectivity index (χ1n) is 9.19. The lowest BCUT2D eigenvalue weighted by atomic mass is 10.0. The number of nitriles is 1. The Labute approximate surface area is 196 Å². The predicted molar refractivity (Wildman–Crippen MR) is 126 cm³/mol. The normalized spacial score (nSPS) is 11.0. The van der Waals surface area contributed by atoms with Crippen LogP contribution in [0.3, 0.4) is 0 Å². The molecule has 0 radical (unpaired) electrons. The molecule has 0 aliphatic heterocycles. The molecule has 0 spiro atoms. The molecule has 1 N–H and O–H groups in total. The van der Waals surface area contributed by atoms with E-state index in [9.17, 15) is 14.4 Å². The van der Waals surface area contributed by atoms with Crippen LogP contribution in [0.5, 0.6) is 5.75 Å². The van der Waals surface area contributed by atoms with Gasteiger partial charge in [-0.3, -0.25) is 4.79 Å². The minimum absolute atomic E-state index is 0.0863.